The van der Waals surface area contributed by atoms with E-state index in [9.17, 15) is 5.11 Å². The van der Waals surface area contributed by atoms with Crippen LogP contribution >= 0.6 is 12.2 Å². The molecule has 0 saturated carbocycles. The maximum atomic E-state index is 9.23. The van der Waals surface area contributed by atoms with E-state index in [1.807, 2.05) is 0 Å². The Morgan fingerprint density at radius 3 is 2.31 bits per heavy atom. The Bertz CT molecular complexity index is 160. The molecule has 0 spiro atoms. The topological polar surface area (TPSA) is 49.5 Å². The Kier molecular flexibility index (Phi) is 6.20. The summed E-state index contributed by atoms with van der Waals surface area (Å²) in [5, 5.41) is 9.23. The highest BCUT2D eigenvalue weighted by Crippen LogP contribution is 2.01. The van der Waals surface area contributed by atoms with Crippen LogP contribution in [0.2, 0.25) is 0 Å². The van der Waals surface area contributed by atoms with Crippen LogP contribution in [0.3, 0.4) is 0 Å². The summed E-state index contributed by atoms with van der Waals surface area (Å²) in [6, 6.07) is 0.420. The van der Waals surface area contributed by atoms with Crippen LogP contribution < -0.4 is 5.73 Å². The molecule has 0 rings (SSSR count). The molecule has 0 aromatic heterocycles. The van der Waals surface area contributed by atoms with E-state index in [1.165, 1.54) is 0 Å². The molecule has 3 nitrogen and oxygen atoms in total. The van der Waals surface area contributed by atoms with Crippen LogP contribution in [0.15, 0.2) is 0 Å². The number of hydrogen-bond acceptors (Lipinski definition) is 3. The molecule has 78 valence electrons. The van der Waals surface area contributed by atoms with Gasteiger partial charge in [0.05, 0.1) is 11.1 Å². The van der Waals surface area contributed by atoms with E-state index >= 15 is 0 Å². The van der Waals surface area contributed by atoms with Crippen molar-refractivity contribution in [3.8, 4) is 0 Å². The lowest BCUT2D eigenvalue weighted by atomic mass is 10.2. The highest BCUT2D eigenvalue weighted by molar-refractivity contribution is 7.80. The molecule has 0 heterocycles. The van der Waals surface area contributed by atoms with Gasteiger partial charge in [0.25, 0.3) is 0 Å². The minimum absolute atomic E-state index is 0.297. The van der Waals surface area contributed by atoms with E-state index < -0.39 is 0 Å². The molecule has 0 aromatic rings. The molecule has 4 heteroatoms. The summed E-state index contributed by atoms with van der Waals surface area (Å²) in [6.07, 6.45) is 0.425. The molecule has 0 amide bonds. The van der Waals surface area contributed by atoms with Gasteiger partial charge >= 0.3 is 0 Å². The second kappa shape index (κ2) is 6.29. The third kappa shape index (κ3) is 6.93. The first-order valence-corrected chi connectivity index (χ1v) is 5.04. The molecule has 0 aliphatic carbocycles. The molecule has 0 fully saturated rings. The largest absolute Gasteiger partial charge is 0.393 e. The number of aliphatic hydroxyl groups excluding tert-OH is 1. The highest BCUT2D eigenvalue weighted by Gasteiger charge is 2.11. The Morgan fingerprint density at radius 2 is 2.00 bits per heavy atom. The average Bonchev–Trinajstić information content (AvgIpc) is 1.96. The minimum atomic E-state index is -0.297. The van der Waals surface area contributed by atoms with E-state index in [1.54, 1.807) is 6.92 Å². The van der Waals surface area contributed by atoms with Crippen LogP contribution in [0.1, 0.15) is 27.2 Å². The fraction of sp³-hybridized carbons (Fsp3) is 0.889. The molecule has 0 bridgehead atoms. The Morgan fingerprint density at radius 1 is 1.46 bits per heavy atom. The van der Waals surface area contributed by atoms with Crippen LogP contribution in [-0.2, 0) is 0 Å². The first-order valence-electron chi connectivity index (χ1n) is 4.64. The summed E-state index contributed by atoms with van der Waals surface area (Å²) in [4.78, 5) is 2.71. The van der Waals surface area contributed by atoms with Gasteiger partial charge in [-0.2, -0.15) is 0 Å². The molecule has 13 heavy (non-hydrogen) atoms. The number of rotatable bonds is 6. The predicted octanol–water partition coefficient (Wildman–Crippen LogP) is 0.754. The first kappa shape index (κ1) is 12.8. The first-order chi connectivity index (χ1) is 5.93. The highest BCUT2D eigenvalue weighted by atomic mass is 32.1. The summed E-state index contributed by atoms with van der Waals surface area (Å²) >= 11 is 4.80. The van der Waals surface area contributed by atoms with Gasteiger partial charge in [0.15, 0.2) is 0 Å². The number of hydrogen-bond donors (Lipinski definition) is 2. The Labute approximate surface area is 85.9 Å². The predicted molar refractivity (Wildman–Crippen MR) is 59.8 cm³/mol. The van der Waals surface area contributed by atoms with Gasteiger partial charge in [-0.1, -0.05) is 12.2 Å². The third-order valence-electron chi connectivity index (χ3n) is 1.87. The normalized spacial score (nSPS) is 13.7. The van der Waals surface area contributed by atoms with Gasteiger partial charge in [0, 0.05) is 25.6 Å². The van der Waals surface area contributed by atoms with Crippen molar-refractivity contribution in [3.05, 3.63) is 0 Å². The molecule has 0 aliphatic rings. The summed E-state index contributed by atoms with van der Waals surface area (Å²) in [5.41, 5.74) is 5.41. The maximum absolute atomic E-state index is 9.23. The molecule has 0 saturated heterocycles. The van der Waals surface area contributed by atoms with Crippen molar-refractivity contribution in [1.29, 1.82) is 0 Å². The second-order valence-corrected chi connectivity index (χ2v) is 4.18. The summed E-state index contributed by atoms with van der Waals surface area (Å²) in [6.45, 7) is 7.50. The Balaban J connectivity index is 3.87. The molecular formula is C9H20N2OS. The van der Waals surface area contributed by atoms with Crippen molar-refractivity contribution in [1.82, 2.24) is 4.90 Å². The fourth-order valence-corrected chi connectivity index (χ4v) is 1.24. The SMILES string of the molecule is CC(O)CN(CCC(N)=S)C(C)C. The van der Waals surface area contributed by atoms with Crippen LogP contribution in [0.25, 0.3) is 0 Å². The van der Waals surface area contributed by atoms with Crippen molar-refractivity contribution in [2.75, 3.05) is 13.1 Å². The molecule has 0 aromatic carbocycles. The maximum Gasteiger partial charge on any atom is 0.0740 e. The molecular weight excluding hydrogens is 184 g/mol. The number of thiocarbonyl (C=S) groups is 1. The molecule has 1 unspecified atom stereocenters. The zero-order valence-electron chi connectivity index (χ0n) is 8.66. The van der Waals surface area contributed by atoms with Crippen LogP contribution in [0, 0.1) is 0 Å². The van der Waals surface area contributed by atoms with Gasteiger partial charge in [-0.3, -0.25) is 4.90 Å². The summed E-state index contributed by atoms with van der Waals surface area (Å²) in [5.74, 6) is 0. The lowest BCUT2D eigenvalue weighted by Gasteiger charge is -2.27. The zero-order chi connectivity index (χ0) is 10.4. The lowest BCUT2D eigenvalue weighted by Crippen LogP contribution is -2.38. The van der Waals surface area contributed by atoms with Crippen molar-refractivity contribution in [2.24, 2.45) is 5.73 Å². The minimum Gasteiger partial charge on any atom is -0.393 e. The molecule has 3 N–H and O–H groups in total. The van der Waals surface area contributed by atoms with Crippen molar-refractivity contribution < 1.29 is 5.11 Å². The van der Waals surface area contributed by atoms with E-state index in [2.05, 4.69) is 18.7 Å². The Hall–Kier alpha value is -0.190. The van der Waals surface area contributed by atoms with E-state index in [0.29, 0.717) is 17.6 Å². The van der Waals surface area contributed by atoms with Crippen molar-refractivity contribution in [2.45, 2.75) is 39.3 Å². The van der Waals surface area contributed by atoms with Gasteiger partial charge in [0.2, 0.25) is 0 Å². The third-order valence-corrected chi connectivity index (χ3v) is 2.08. The summed E-state index contributed by atoms with van der Waals surface area (Å²) < 4.78 is 0. The van der Waals surface area contributed by atoms with Gasteiger partial charge in [-0.15, -0.1) is 0 Å². The smallest absolute Gasteiger partial charge is 0.0740 e. The van der Waals surface area contributed by atoms with E-state index in [4.69, 9.17) is 18.0 Å². The zero-order valence-corrected chi connectivity index (χ0v) is 9.47. The van der Waals surface area contributed by atoms with Crippen LogP contribution in [0.4, 0.5) is 0 Å². The molecule has 1 atom stereocenters. The average molecular weight is 204 g/mol. The van der Waals surface area contributed by atoms with Crippen molar-refractivity contribution in [3.63, 3.8) is 0 Å². The molecule has 0 radical (unpaired) electrons. The van der Waals surface area contributed by atoms with Gasteiger partial charge in [0.1, 0.15) is 0 Å². The summed E-state index contributed by atoms with van der Waals surface area (Å²) in [7, 11) is 0. The second-order valence-electron chi connectivity index (χ2n) is 3.65. The number of nitrogens with two attached hydrogens (primary N) is 1. The number of aliphatic hydroxyl groups is 1. The standard InChI is InChI=1S/C9H20N2OS/c1-7(2)11(6-8(3)12)5-4-9(10)13/h7-8,12H,4-6H2,1-3H3,(H2,10,13). The van der Waals surface area contributed by atoms with Crippen molar-refractivity contribution >= 4 is 17.2 Å². The van der Waals surface area contributed by atoms with E-state index in [0.717, 1.165) is 13.0 Å². The van der Waals surface area contributed by atoms with E-state index in [-0.39, 0.29) is 6.10 Å². The quantitative estimate of drug-likeness (QED) is 0.627. The lowest BCUT2D eigenvalue weighted by molar-refractivity contribution is 0.110. The van der Waals surface area contributed by atoms with Gasteiger partial charge in [-0.25, -0.2) is 0 Å². The van der Waals surface area contributed by atoms with Gasteiger partial charge < -0.3 is 10.8 Å². The van der Waals surface area contributed by atoms with Crippen LogP contribution in [0.5, 0.6) is 0 Å². The molecule has 0 aliphatic heterocycles. The fourth-order valence-electron chi connectivity index (χ4n) is 1.15. The number of nitrogens with zero attached hydrogens (tertiary/aromatic N) is 1. The van der Waals surface area contributed by atoms with Crippen LogP contribution in [-0.4, -0.2) is 40.2 Å². The van der Waals surface area contributed by atoms with Gasteiger partial charge in [-0.05, 0) is 20.8 Å². The monoisotopic (exact) mass is 204 g/mol.